The van der Waals surface area contributed by atoms with E-state index in [1.807, 2.05) is 25.2 Å². The van der Waals surface area contributed by atoms with Gasteiger partial charge >= 0.3 is 0 Å². The molecule has 0 bridgehead atoms. The van der Waals surface area contributed by atoms with Crippen LogP contribution in [0, 0.1) is 0 Å². The number of nitrogens with zero attached hydrogens (tertiary/aromatic N) is 2. The summed E-state index contributed by atoms with van der Waals surface area (Å²) in [6.45, 7) is 6.00. The minimum Gasteiger partial charge on any atom is -0.316 e. The molecule has 1 N–H and O–H groups in total. The maximum absolute atomic E-state index is 6.06. The first kappa shape index (κ1) is 15.1. The van der Waals surface area contributed by atoms with Gasteiger partial charge in [0.1, 0.15) is 0 Å². The van der Waals surface area contributed by atoms with Gasteiger partial charge in [-0.05, 0) is 37.6 Å². The molecule has 0 amide bonds. The van der Waals surface area contributed by atoms with Crippen LogP contribution < -0.4 is 5.32 Å². The predicted molar refractivity (Wildman–Crippen MR) is 84.3 cm³/mol. The summed E-state index contributed by atoms with van der Waals surface area (Å²) in [5.41, 5.74) is 5.04. The summed E-state index contributed by atoms with van der Waals surface area (Å²) in [6.07, 6.45) is 1.96. The third-order valence-electron chi connectivity index (χ3n) is 3.49. The summed E-state index contributed by atoms with van der Waals surface area (Å²) >= 11 is 6.06. The molecule has 0 saturated heterocycles. The molecular formula is C16H22ClN3. The molecule has 0 spiro atoms. The summed E-state index contributed by atoms with van der Waals surface area (Å²) in [7, 11) is 1.98. The van der Waals surface area contributed by atoms with Crippen molar-refractivity contribution in [1.82, 2.24) is 15.1 Å². The fraction of sp³-hybridized carbons (Fsp3) is 0.438. The van der Waals surface area contributed by atoms with Crippen molar-refractivity contribution in [3.8, 4) is 0 Å². The second-order valence-electron chi connectivity index (χ2n) is 4.90. The van der Waals surface area contributed by atoms with E-state index in [0.29, 0.717) is 0 Å². The van der Waals surface area contributed by atoms with Gasteiger partial charge in [-0.3, -0.25) is 4.68 Å². The molecule has 2 rings (SSSR count). The predicted octanol–water partition coefficient (Wildman–Crippen LogP) is 3.43. The van der Waals surface area contributed by atoms with Gasteiger partial charge in [0.25, 0.3) is 0 Å². The zero-order valence-corrected chi connectivity index (χ0v) is 13.2. The highest BCUT2D eigenvalue weighted by Crippen LogP contribution is 2.19. The lowest BCUT2D eigenvalue weighted by atomic mass is 10.1. The highest BCUT2D eigenvalue weighted by Gasteiger charge is 2.14. The van der Waals surface area contributed by atoms with Crippen LogP contribution in [-0.4, -0.2) is 16.8 Å². The van der Waals surface area contributed by atoms with Crippen molar-refractivity contribution >= 4 is 11.6 Å². The van der Waals surface area contributed by atoms with Crippen LogP contribution in [0.5, 0.6) is 0 Å². The van der Waals surface area contributed by atoms with Crippen LogP contribution in [0.1, 0.15) is 36.4 Å². The van der Waals surface area contributed by atoms with Gasteiger partial charge in [-0.1, -0.05) is 37.6 Å². The maximum atomic E-state index is 6.06. The van der Waals surface area contributed by atoms with Crippen LogP contribution in [0.15, 0.2) is 24.3 Å². The zero-order chi connectivity index (χ0) is 14.5. The van der Waals surface area contributed by atoms with Gasteiger partial charge in [-0.15, -0.1) is 0 Å². The molecule has 0 radical (unpaired) electrons. The van der Waals surface area contributed by atoms with E-state index in [0.717, 1.165) is 31.0 Å². The Labute approximate surface area is 126 Å². The normalized spacial score (nSPS) is 11.0. The number of aromatic nitrogens is 2. The van der Waals surface area contributed by atoms with Crippen LogP contribution in [0.3, 0.4) is 0 Å². The Hall–Kier alpha value is -1.32. The molecule has 1 aromatic heterocycles. The summed E-state index contributed by atoms with van der Waals surface area (Å²) in [6, 6.07) is 7.99. The fourth-order valence-electron chi connectivity index (χ4n) is 2.59. The fourth-order valence-corrected chi connectivity index (χ4v) is 2.80. The van der Waals surface area contributed by atoms with Gasteiger partial charge in [0, 0.05) is 22.8 Å². The molecule has 0 aliphatic heterocycles. The molecule has 0 unspecified atom stereocenters. The number of rotatable bonds is 6. The molecule has 2 aromatic rings. The lowest BCUT2D eigenvalue weighted by Gasteiger charge is -2.08. The molecule has 1 aromatic carbocycles. The molecule has 20 heavy (non-hydrogen) atoms. The van der Waals surface area contributed by atoms with E-state index in [9.17, 15) is 0 Å². The average Bonchev–Trinajstić information content (AvgIpc) is 2.76. The van der Waals surface area contributed by atoms with Crippen molar-refractivity contribution in [3.63, 3.8) is 0 Å². The van der Waals surface area contributed by atoms with Crippen molar-refractivity contribution in [1.29, 1.82) is 0 Å². The van der Waals surface area contributed by atoms with E-state index in [1.165, 1.54) is 22.5 Å². The van der Waals surface area contributed by atoms with Gasteiger partial charge in [-0.2, -0.15) is 5.10 Å². The van der Waals surface area contributed by atoms with Crippen molar-refractivity contribution in [3.05, 3.63) is 51.8 Å². The third kappa shape index (κ3) is 3.22. The van der Waals surface area contributed by atoms with Crippen LogP contribution in [0.2, 0.25) is 5.02 Å². The minimum atomic E-state index is 0.777. The average molecular weight is 292 g/mol. The van der Waals surface area contributed by atoms with E-state index in [4.69, 9.17) is 16.7 Å². The van der Waals surface area contributed by atoms with Crippen molar-refractivity contribution in [2.45, 2.75) is 39.8 Å². The molecular weight excluding hydrogens is 270 g/mol. The topological polar surface area (TPSA) is 29.9 Å². The maximum Gasteiger partial charge on any atom is 0.0669 e. The monoisotopic (exact) mass is 291 g/mol. The Bertz CT molecular complexity index is 575. The Morgan fingerprint density at radius 2 is 2.05 bits per heavy atom. The smallest absolute Gasteiger partial charge is 0.0669 e. The first-order valence-electron chi connectivity index (χ1n) is 7.16. The Morgan fingerprint density at radius 1 is 1.25 bits per heavy atom. The van der Waals surface area contributed by atoms with Crippen molar-refractivity contribution in [2.24, 2.45) is 0 Å². The Morgan fingerprint density at radius 3 is 2.65 bits per heavy atom. The van der Waals surface area contributed by atoms with E-state index in [1.54, 1.807) is 0 Å². The zero-order valence-electron chi connectivity index (χ0n) is 12.4. The second kappa shape index (κ2) is 6.91. The summed E-state index contributed by atoms with van der Waals surface area (Å²) in [5.74, 6) is 0. The van der Waals surface area contributed by atoms with E-state index >= 15 is 0 Å². The van der Waals surface area contributed by atoms with Crippen molar-refractivity contribution < 1.29 is 0 Å². The molecule has 3 nitrogen and oxygen atoms in total. The molecule has 0 saturated carbocycles. The first-order chi connectivity index (χ1) is 9.69. The van der Waals surface area contributed by atoms with Crippen molar-refractivity contribution in [2.75, 3.05) is 7.05 Å². The number of nitrogens with one attached hydrogen (secondary N) is 1. The molecule has 0 fully saturated rings. The molecule has 4 heteroatoms. The molecule has 0 aliphatic carbocycles. The summed E-state index contributed by atoms with van der Waals surface area (Å²) in [4.78, 5) is 0. The van der Waals surface area contributed by atoms with Crippen LogP contribution in [0.25, 0.3) is 0 Å². The summed E-state index contributed by atoms with van der Waals surface area (Å²) < 4.78 is 2.12. The molecule has 108 valence electrons. The van der Waals surface area contributed by atoms with E-state index in [2.05, 4.69) is 29.9 Å². The number of aryl methyl sites for hydroxylation is 1. The Kier molecular flexibility index (Phi) is 5.21. The second-order valence-corrected chi connectivity index (χ2v) is 5.33. The van der Waals surface area contributed by atoms with Gasteiger partial charge in [0.05, 0.1) is 12.2 Å². The quantitative estimate of drug-likeness (QED) is 0.884. The number of benzene rings is 1. The number of halogens is 1. The third-order valence-corrected chi connectivity index (χ3v) is 3.73. The van der Waals surface area contributed by atoms with Gasteiger partial charge in [0.15, 0.2) is 0 Å². The van der Waals surface area contributed by atoms with Gasteiger partial charge < -0.3 is 5.32 Å². The minimum absolute atomic E-state index is 0.777. The van der Waals surface area contributed by atoms with E-state index < -0.39 is 0 Å². The highest BCUT2D eigenvalue weighted by molar-refractivity contribution is 6.30. The largest absolute Gasteiger partial charge is 0.316 e. The van der Waals surface area contributed by atoms with Gasteiger partial charge in [-0.25, -0.2) is 0 Å². The SMILES string of the molecule is CCc1nn(Cc2cccc(Cl)c2)c(CC)c1CNC. The lowest BCUT2D eigenvalue weighted by molar-refractivity contribution is 0.638. The summed E-state index contributed by atoms with van der Waals surface area (Å²) in [5, 5.41) is 8.80. The first-order valence-corrected chi connectivity index (χ1v) is 7.53. The lowest BCUT2D eigenvalue weighted by Crippen LogP contribution is -2.10. The van der Waals surface area contributed by atoms with Crippen LogP contribution >= 0.6 is 11.6 Å². The number of hydrogen-bond acceptors (Lipinski definition) is 2. The van der Waals surface area contributed by atoms with E-state index in [-0.39, 0.29) is 0 Å². The molecule has 1 heterocycles. The number of hydrogen-bond donors (Lipinski definition) is 1. The Balaban J connectivity index is 2.36. The van der Waals surface area contributed by atoms with Crippen LogP contribution in [-0.2, 0) is 25.9 Å². The molecule has 0 aliphatic rings. The standard InChI is InChI=1S/C16H22ClN3/c1-4-15-14(10-18-3)16(5-2)20(19-15)11-12-7-6-8-13(17)9-12/h6-9,18H,4-5,10-11H2,1-3H3. The van der Waals surface area contributed by atoms with Crippen LogP contribution in [0.4, 0.5) is 0 Å². The molecule has 0 atom stereocenters. The van der Waals surface area contributed by atoms with Gasteiger partial charge in [0.2, 0.25) is 0 Å². The highest BCUT2D eigenvalue weighted by atomic mass is 35.5.